The number of piperidine rings is 1. The molecule has 1 aliphatic rings. The summed E-state index contributed by atoms with van der Waals surface area (Å²) in [7, 11) is 0. The summed E-state index contributed by atoms with van der Waals surface area (Å²) in [5.74, 6) is 0.230. The average molecular weight is 380 g/mol. The van der Waals surface area contributed by atoms with Crippen LogP contribution in [0.4, 0.5) is 5.69 Å². The van der Waals surface area contributed by atoms with E-state index in [1.165, 1.54) is 11.3 Å². The molecule has 1 fully saturated rings. The van der Waals surface area contributed by atoms with Crippen molar-refractivity contribution in [3.63, 3.8) is 0 Å². The Balaban J connectivity index is 0.00000225. The van der Waals surface area contributed by atoms with Gasteiger partial charge in [-0.3, -0.25) is 9.59 Å². The fraction of sp³-hybridized carbons (Fsp3) is 0.333. The van der Waals surface area contributed by atoms with Crippen molar-refractivity contribution in [1.29, 1.82) is 0 Å². The van der Waals surface area contributed by atoms with Crippen molar-refractivity contribution in [2.75, 3.05) is 25.0 Å². The summed E-state index contributed by atoms with van der Waals surface area (Å²) in [6.07, 6.45) is 2.30. The van der Waals surface area contributed by atoms with Crippen LogP contribution in [0.25, 0.3) is 0 Å². The first kappa shape index (κ1) is 19.4. The van der Waals surface area contributed by atoms with E-state index in [-0.39, 0.29) is 24.2 Å². The van der Waals surface area contributed by atoms with Gasteiger partial charge in [-0.05, 0) is 61.5 Å². The first-order valence-corrected chi connectivity index (χ1v) is 9.04. The number of hydrogen-bond donors (Lipinski definition) is 3. The number of nitrogens with one attached hydrogen (secondary N) is 3. The highest BCUT2D eigenvalue weighted by molar-refractivity contribution is 7.12. The molecule has 2 heterocycles. The number of carbonyl (C=O) groups is 2. The van der Waals surface area contributed by atoms with Gasteiger partial charge in [-0.25, -0.2) is 0 Å². The number of amides is 2. The van der Waals surface area contributed by atoms with Crippen molar-refractivity contribution in [1.82, 2.24) is 10.6 Å². The van der Waals surface area contributed by atoms with Crippen LogP contribution in [-0.4, -0.2) is 31.4 Å². The summed E-state index contributed by atoms with van der Waals surface area (Å²) in [5, 5.41) is 11.0. The average Bonchev–Trinajstić information content (AvgIpc) is 3.15. The summed E-state index contributed by atoms with van der Waals surface area (Å²) in [4.78, 5) is 25.0. The minimum absolute atomic E-state index is 0. The van der Waals surface area contributed by atoms with Gasteiger partial charge in [0.2, 0.25) is 0 Å². The van der Waals surface area contributed by atoms with Gasteiger partial charge >= 0.3 is 0 Å². The van der Waals surface area contributed by atoms with E-state index in [9.17, 15) is 9.59 Å². The Morgan fingerprint density at radius 2 is 2.08 bits per heavy atom. The molecular formula is C18H22ClN3O2S. The third-order valence-corrected chi connectivity index (χ3v) is 4.95. The molecule has 2 amide bonds. The van der Waals surface area contributed by atoms with Crippen molar-refractivity contribution in [2.45, 2.75) is 12.8 Å². The van der Waals surface area contributed by atoms with E-state index in [0.29, 0.717) is 28.6 Å². The fourth-order valence-electron chi connectivity index (χ4n) is 2.78. The van der Waals surface area contributed by atoms with Crippen LogP contribution in [0.1, 0.15) is 32.9 Å². The monoisotopic (exact) mass is 379 g/mol. The standard InChI is InChI=1S/C18H21N3O2S.ClH/c22-17(20-12-13-4-2-8-19-11-13)14-5-1-6-15(10-14)21-18(23)16-7-3-9-24-16;/h1,3,5-7,9-10,13,19H,2,4,8,11-12H2,(H,20,22)(H,21,23);1H. The molecule has 134 valence electrons. The van der Waals surface area contributed by atoms with Crippen LogP contribution in [0.15, 0.2) is 41.8 Å². The molecule has 5 nitrogen and oxygen atoms in total. The zero-order valence-corrected chi connectivity index (χ0v) is 15.4. The van der Waals surface area contributed by atoms with E-state index in [2.05, 4.69) is 16.0 Å². The highest BCUT2D eigenvalue weighted by Gasteiger charge is 2.15. The third-order valence-electron chi connectivity index (χ3n) is 4.08. The molecule has 3 N–H and O–H groups in total. The van der Waals surface area contributed by atoms with Crippen LogP contribution in [0.3, 0.4) is 0 Å². The fourth-order valence-corrected chi connectivity index (χ4v) is 3.39. The Morgan fingerprint density at radius 1 is 1.20 bits per heavy atom. The normalized spacial score (nSPS) is 16.6. The van der Waals surface area contributed by atoms with Crippen molar-refractivity contribution < 1.29 is 9.59 Å². The van der Waals surface area contributed by atoms with E-state index in [1.807, 2.05) is 11.4 Å². The summed E-state index contributed by atoms with van der Waals surface area (Å²) in [6, 6.07) is 10.6. The Morgan fingerprint density at radius 3 is 2.80 bits per heavy atom. The van der Waals surface area contributed by atoms with Crippen LogP contribution in [0.5, 0.6) is 0 Å². The van der Waals surface area contributed by atoms with Crippen molar-refractivity contribution >= 4 is 41.2 Å². The summed E-state index contributed by atoms with van der Waals surface area (Å²) < 4.78 is 0. The van der Waals surface area contributed by atoms with Crippen LogP contribution < -0.4 is 16.0 Å². The maximum atomic E-state index is 12.3. The largest absolute Gasteiger partial charge is 0.352 e. The maximum Gasteiger partial charge on any atom is 0.265 e. The highest BCUT2D eigenvalue weighted by atomic mass is 35.5. The lowest BCUT2D eigenvalue weighted by molar-refractivity contribution is 0.0943. The van der Waals surface area contributed by atoms with Crippen molar-refractivity contribution in [3.05, 3.63) is 52.2 Å². The maximum absolute atomic E-state index is 12.3. The number of benzene rings is 1. The summed E-state index contributed by atoms with van der Waals surface area (Å²) in [6.45, 7) is 2.70. The lowest BCUT2D eigenvalue weighted by Gasteiger charge is -2.22. The lowest BCUT2D eigenvalue weighted by atomic mass is 9.99. The van der Waals surface area contributed by atoms with E-state index >= 15 is 0 Å². The molecule has 1 aromatic carbocycles. The van der Waals surface area contributed by atoms with Gasteiger partial charge in [0.25, 0.3) is 11.8 Å². The molecule has 0 spiro atoms. The molecule has 1 saturated heterocycles. The molecule has 0 saturated carbocycles. The Kier molecular flexibility index (Phi) is 7.43. The van der Waals surface area contributed by atoms with Crippen LogP contribution in [-0.2, 0) is 0 Å². The topological polar surface area (TPSA) is 70.2 Å². The summed E-state index contributed by atoms with van der Waals surface area (Å²) >= 11 is 1.39. The molecule has 2 aromatic rings. The van der Waals surface area contributed by atoms with E-state index in [0.717, 1.165) is 25.9 Å². The van der Waals surface area contributed by atoms with E-state index < -0.39 is 0 Å². The molecule has 25 heavy (non-hydrogen) atoms. The second-order valence-corrected chi connectivity index (χ2v) is 6.88. The summed E-state index contributed by atoms with van der Waals surface area (Å²) in [5.41, 5.74) is 1.18. The predicted molar refractivity (Wildman–Crippen MR) is 104 cm³/mol. The van der Waals surface area contributed by atoms with Gasteiger partial charge in [0.15, 0.2) is 0 Å². The molecule has 1 unspecified atom stereocenters. The zero-order chi connectivity index (χ0) is 16.8. The van der Waals surface area contributed by atoms with Gasteiger partial charge in [0.05, 0.1) is 4.88 Å². The van der Waals surface area contributed by atoms with E-state index in [1.54, 1.807) is 30.3 Å². The second kappa shape index (κ2) is 9.56. The molecule has 3 rings (SSSR count). The molecule has 7 heteroatoms. The second-order valence-electron chi connectivity index (χ2n) is 5.93. The van der Waals surface area contributed by atoms with Gasteiger partial charge < -0.3 is 16.0 Å². The number of carbonyl (C=O) groups excluding carboxylic acids is 2. The van der Waals surface area contributed by atoms with Crippen LogP contribution >= 0.6 is 23.7 Å². The van der Waals surface area contributed by atoms with Gasteiger partial charge in [0.1, 0.15) is 0 Å². The minimum Gasteiger partial charge on any atom is -0.352 e. The molecule has 1 atom stereocenters. The molecule has 0 radical (unpaired) electrons. The number of hydrogen-bond acceptors (Lipinski definition) is 4. The molecule has 1 aromatic heterocycles. The number of rotatable bonds is 5. The molecule has 0 aliphatic carbocycles. The SMILES string of the molecule is Cl.O=C(NCC1CCCNC1)c1cccc(NC(=O)c2cccs2)c1. The minimum atomic E-state index is -0.157. The number of thiophene rings is 1. The van der Waals surface area contributed by atoms with Crippen molar-refractivity contribution in [3.8, 4) is 0 Å². The Hall–Kier alpha value is -1.89. The van der Waals surface area contributed by atoms with Gasteiger partial charge in [-0.2, -0.15) is 0 Å². The Labute approximate surface area is 157 Å². The first-order chi connectivity index (χ1) is 11.7. The zero-order valence-electron chi connectivity index (χ0n) is 13.8. The molecular weight excluding hydrogens is 358 g/mol. The number of halogens is 1. The van der Waals surface area contributed by atoms with Crippen molar-refractivity contribution in [2.24, 2.45) is 5.92 Å². The van der Waals surface area contributed by atoms with E-state index in [4.69, 9.17) is 0 Å². The van der Waals surface area contributed by atoms with Gasteiger partial charge in [0, 0.05) is 17.8 Å². The van der Waals surface area contributed by atoms with Gasteiger partial charge in [-0.1, -0.05) is 12.1 Å². The van der Waals surface area contributed by atoms with Gasteiger partial charge in [-0.15, -0.1) is 23.7 Å². The molecule has 0 bridgehead atoms. The lowest BCUT2D eigenvalue weighted by Crippen LogP contribution is -2.38. The first-order valence-electron chi connectivity index (χ1n) is 8.16. The third kappa shape index (κ3) is 5.56. The highest BCUT2D eigenvalue weighted by Crippen LogP contribution is 2.15. The smallest absolute Gasteiger partial charge is 0.265 e. The predicted octanol–water partition coefficient (Wildman–Crippen LogP) is 3.15. The Bertz CT molecular complexity index is 700. The van der Waals surface area contributed by atoms with Crippen LogP contribution in [0.2, 0.25) is 0 Å². The van der Waals surface area contributed by atoms with Crippen LogP contribution in [0, 0.1) is 5.92 Å². The number of anilines is 1. The molecule has 1 aliphatic heterocycles. The quantitative estimate of drug-likeness (QED) is 0.747.